The molecule has 2 N–H and O–H groups in total. The molecule has 0 saturated heterocycles. The van der Waals surface area contributed by atoms with E-state index in [0.717, 1.165) is 22.0 Å². The second kappa shape index (κ2) is 7.73. The van der Waals surface area contributed by atoms with E-state index >= 15 is 0 Å². The lowest BCUT2D eigenvalue weighted by Crippen LogP contribution is -2.20. The molecule has 0 amide bonds. The summed E-state index contributed by atoms with van der Waals surface area (Å²) in [6, 6.07) is 21.8. The molecule has 3 aromatic carbocycles. The van der Waals surface area contributed by atoms with Crippen molar-refractivity contribution in [1.82, 2.24) is 14.8 Å². The SMILES string of the molecule is S=C(Nc1ncn(Cc2ccccc2Cl)n1)Nc1cccc2ccccc12. The minimum Gasteiger partial charge on any atom is -0.332 e. The fraction of sp³-hybridized carbons (Fsp3) is 0.0500. The monoisotopic (exact) mass is 393 g/mol. The number of aromatic nitrogens is 3. The molecule has 7 heteroatoms. The predicted molar refractivity (Wildman–Crippen MR) is 114 cm³/mol. The van der Waals surface area contributed by atoms with Gasteiger partial charge in [-0.2, -0.15) is 0 Å². The Morgan fingerprint density at radius 3 is 2.63 bits per heavy atom. The Morgan fingerprint density at radius 2 is 1.74 bits per heavy atom. The maximum atomic E-state index is 6.20. The molecule has 0 atom stereocenters. The number of benzene rings is 3. The highest BCUT2D eigenvalue weighted by Crippen LogP contribution is 2.23. The van der Waals surface area contributed by atoms with Crippen molar-refractivity contribution in [3.8, 4) is 0 Å². The third-order valence-electron chi connectivity index (χ3n) is 4.09. The zero-order chi connectivity index (χ0) is 18.6. The number of nitrogens with zero attached hydrogens (tertiary/aromatic N) is 3. The van der Waals surface area contributed by atoms with Gasteiger partial charge in [-0.25, -0.2) is 9.67 Å². The van der Waals surface area contributed by atoms with E-state index < -0.39 is 0 Å². The van der Waals surface area contributed by atoms with E-state index in [0.29, 0.717) is 22.6 Å². The van der Waals surface area contributed by atoms with Crippen molar-refractivity contribution < 1.29 is 0 Å². The highest BCUT2D eigenvalue weighted by Gasteiger charge is 2.07. The van der Waals surface area contributed by atoms with Crippen LogP contribution in [0.3, 0.4) is 0 Å². The van der Waals surface area contributed by atoms with Gasteiger partial charge in [0.05, 0.1) is 6.54 Å². The van der Waals surface area contributed by atoms with E-state index in [1.54, 1.807) is 11.0 Å². The Bertz CT molecular complexity index is 1100. The maximum absolute atomic E-state index is 6.20. The molecule has 4 rings (SSSR count). The molecule has 0 aliphatic heterocycles. The third kappa shape index (κ3) is 4.07. The molecule has 0 fully saturated rings. The van der Waals surface area contributed by atoms with Crippen LogP contribution in [0.4, 0.5) is 11.6 Å². The Balaban J connectivity index is 1.44. The maximum Gasteiger partial charge on any atom is 0.248 e. The van der Waals surface area contributed by atoms with Gasteiger partial charge in [-0.3, -0.25) is 5.32 Å². The molecular formula is C20H16ClN5S. The fourth-order valence-electron chi connectivity index (χ4n) is 2.82. The summed E-state index contributed by atoms with van der Waals surface area (Å²) in [5, 5.41) is 14.0. The molecule has 0 bridgehead atoms. The van der Waals surface area contributed by atoms with Crippen LogP contribution in [0.25, 0.3) is 10.8 Å². The van der Waals surface area contributed by atoms with Crippen LogP contribution in [0.1, 0.15) is 5.56 Å². The van der Waals surface area contributed by atoms with Crippen molar-refractivity contribution in [3.05, 3.63) is 83.6 Å². The Morgan fingerprint density at radius 1 is 0.963 bits per heavy atom. The highest BCUT2D eigenvalue weighted by atomic mass is 35.5. The molecule has 0 saturated carbocycles. The van der Waals surface area contributed by atoms with Gasteiger partial charge in [-0.15, -0.1) is 5.10 Å². The van der Waals surface area contributed by atoms with Crippen molar-refractivity contribution >= 4 is 51.3 Å². The molecule has 0 spiro atoms. The van der Waals surface area contributed by atoms with Gasteiger partial charge in [0, 0.05) is 16.1 Å². The average molecular weight is 394 g/mol. The molecule has 134 valence electrons. The minimum absolute atomic E-state index is 0.430. The summed E-state index contributed by atoms with van der Waals surface area (Å²) in [5.74, 6) is 0.430. The van der Waals surface area contributed by atoms with Crippen LogP contribution in [-0.4, -0.2) is 19.9 Å². The molecule has 1 heterocycles. The topological polar surface area (TPSA) is 54.8 Å². The van der Waals surface area contributed by atoms with Gasteiger partial charge in [-0.1, -0.05) is 66.2 Å². The van der Waals surface area contributed by atoms with Crippen LogP contribution in [0.5, 0.6) is 0 Å². The first-order valence-corrected chi connectivity index (χ1v) is 9.16. The van der Waals surface area contributed by atoms with Crippen LogP contribution >= 0.6 is 23.8 Å². The fourth-order valence-corrected chi connectivity index (χ4v) is 3.22. The van der Waals surface area contributed by atoms with E-state index in [1.165, 1.54) is 0 Å². The van der Waals surface area contributed by atoms with Gasteiger partial charge >= 0.3 is 0 Å². The summed E-state index contributed by atoms with van der Waals surface area (Å²) in [6.45, 7) is 0.540. The van der Waals surface area contributed by atoms with E-state index in [2.05, 4.69) is 38.9 Å². The van der Waals surface area contributed by atoms with E-state index in [1.807, 2.05) is 48.5 Å². The minimum atomic E-state index is 0.430. The lowest BCUT2D eigenvalue weighted by Gasteiger charge is -2.10. The number of fused-ring (bicyclic) bond motifs is 1. The number of nitrogens with one attached hydrogen (secondary N) is 2. The molecule has 4 aromatic rings. The lowest BCUT2D eigenvalue weighted by atomic mass is 10.1. The first-order valence-electron chi connectivity index (χ1n) is 8.38. The Kier molecular flexibility index (Phi) is 5.00. The van der Waals surface area contributed by atoms with Crippen molar-refractivity contribution in [1.29, 1.82) is 0 Å². The zero-order valence-electron chi connectivity index (χ0n) is 14.3. The van der Waals surface area contributed by atoms with Gasteiger partial charge in [0.1, 0.15) is 6.33 Å². The molecule has 1 aromatic heterocycles. The quantitative estimate of drug-likeness (QED) is 0.481. The van der Waals surface area contributed by atoms with Crippen LogP contribution in [0, 0.1) is 0 Å². The Hall–Kier alpha value is -2.96. The molecule has 0 unspecified atom stereocenters. The lowest BCUT2D eigenvalue weighted by molar-refractivity contribution is 0.687. The summed E-state index contributed by atoms with van der Waals surface area (Å²) < 4.78 is 1.71. The van der Waals surface area contributed by atoms with Crippen LogP contribution in [0.15, 0.2) is 73.1 Å². The summed E-state index contributed by atoms with van der Waals surface area (Å²) >= 11 is 11.6. The van der Waals surface area contributed by atoms with Gasteiger partial charge in [0.15, 0.2) is 5.11 Å². The average Bonchev–Trinajstić information content (AvgIpc) is 3.11. The largest absolute Gasteiger partial charge is 0.332 e. The summed E-state index contributed by atoms with van der Waals surface area (Å²) in [4.78, 5) is 4.26. The van der Waals surface area contributed by atoms with Crippen LogP contribution in [-0.2, 0) is 6.54 Å². The number of hydrogen-bond donors (Lipinski definition) is 2. The number of hydrogen-bond acceptors (Lipinski definition) is 3. The normalized spacial score (nSPS) is 10.7. The number of thiocarbonyl (C=S) groups is 1. The van der Waals surface area contributed by atoms with Crippen LogP contribution < -0.4 is 10.6 Å². The van der Waals surface area contributed by atoms with E-state index in [9.17, 15) is 0 Å². The molecule has 0 aliphatic carbocycles. The van der Waals surface area contributed by atoms with Crippen molar-refractivity contribution in [2.75, 3.05) is 10.6 Å². The predicted octanol–water partition coefficient (Wildman–Crippen LogP) is 4.94. The van der Waals surface area contributed by atoms with Gasteiger partial charge in [-0.05, 0) is 35.3 Å². The highest BCUT2D eigenvalue weighted by molar-refractivity contribution is 7.80. The van der Waals surface area contributed by atoms with E-state index in [4.69, 9.17) is 23.8 Å². The second-order valence-corrected chi connectivity index (χ2v) is 6.78. The molecule has 0 radical (unpaired) electrons. The standard InChI is InChI=1S/C20H16ClN5S/c21-17-10-4-2-7-15(17)12-26-13-22-19(25-26)24-20(27)23-18-11-5-8-14-6-1-3-9-16(14)18/h1-11,13H,12H2,(H2,23,24,25,27). The number of rotatable bonds is 4. The van der Waals surface area contributed by atoms with Crippen molar-refractivity contribution in [2.45, 2.75) is 6.54 Å². The summed E-state index contributed by atoms with van der Waals surface area (Å²) in [5.41, 5.74) is 1.91. The first kappa shape index (κ1) is 17.5. The van der Waals surface area contributed by atoms with E-state index in [-0.39, 0.29) is 0 Å². The Labute approximate surface area is 167 Å². The second-order valence-electron chi connectivity index (χ2n) is 5.96. The number of anilines is 2. The molecule has 0 aliphatic rings. The molecular weight excluding hydrogens is 378 g/mol. The van der Waals surface area contributed by atoms with Crippen LogP contribution in [0.2, 0.25) is 5.02 Å². The van der Waals surface area contributed by atoms with Crippen molar-refractivity contribution in [3.63, 3.8) is 0 Å². The summed E-state index contributed by atoms with van der Waals surface area (Å²) in [7, 11) is 0. The summed E-state index contributed by atoms with van der Waals surface area (Å²) in [6.07, 6.45) is 1.65. The first-order chi connectivity index (χ1) is 13.2. The van der Waals surface area contributed by atoms with Gasteiger partial charge in [0.2, 0.25) is 5.95 Å². The molecule has 27 heavy (non-hydrogen) atoms. The smallest absolute Gasteiger partial charge is 0.248 e. The third-order valence-corrected chi connectivity index (χ3v) is 4.66. The van der Waals surface area contributed by atoms with Crippen molar-refractivity contribution in [2.24, 2.45) is 0 Å². The zero-order valence-corrected chi connectivity index (χ0v) is 15.8. The van der Waals surface area contributed by atoms with Gasteiger partial charge in [0.25, 0.3) is 0 Å². The number of halogens is 1. The molecule has 5 nitrogen and oxygen atoms in total. The van der Waals surface area contributed by atoms with Gasteiger partial charge < -0.3 is 5.32 Å².